The number of β-amino-alcohol motifs (C(OH)–C–C–N with tert-alkyl or cyclic N) is 1. The first-order valence-corrected chi connectivity index (χ1v) is 13.0. The third kappa shape index (κ3) is 6.48. The smallest absolute Gasteiger partial charge is 0.220 e. The number of carbonyl (C=O) groups excluding carboxylic acids is 1. The second-order valence-corrected chi connectivity index (χ2v) is 11.0. The van der Waals surface area contributed by atoms with Crippen LogP contribution < -0.4 is 5.73 Å². The second-order valence-electron chi connectivity index (χ2n) is 9.54. The van der Waals surface area contributed by atoms with Gasteiger partial charge < -0.3 is 15.3 Å². The topological polar surface area (TPSA) is 109 Å². The Kier molecular flexibility index (Phi) is 8.23. The number of aliphatic hydroxyl groups is 1. The van der Waals surface area contributed by atoms with Crippen LogP contribution in [0.4, 0.5) is 0 Å². The molecule has 0 spiro atoms. The molecule has 10 heteroatoms. The molecule has 2 aromatic heterocycles. The monoisotopic (exact) mass is 517 g/mol. The fourth-order valence-electron chi connectivity index (χ4n) is 4.52. The number of hydrogen-bond acceptors (Lipinski definition) is 8. The summed E-state index contributed by atoms with van der Waals surface area (Å²) in [5, 5.41) is 11.4. The lowest BCUT2D eigenvalue weighted by molar-refractivity contribution is -0.122. The van der Waals surface area contributed by atoms with Gasteiger partial charge in [-0.2, -0.15) is 0 Å². The van der Waals surface area contributed by atoms with Crippen molar-refractivity contribution in [2.75, 3.05) is 32.7 Å². The number of amides is 1. The number of oxazole rings is 1. The SMILES string of the molecule is CC(C)(c1ncc(-c2ccc(Cl)cc2)o1)N1CCN(C[C@@H](O)C[C@@H](Cc2cncs2)C(N)=O)CC1. The van der Waals surface area contributed by atoms with Gasteiger partial charge in [-0.25, -0.2) is 4.98 Å². The first-order valence-electron chi connectivity index (χ1n) is 11.8. The lowest BCUT2D eigenvalue weighted by atomic mass is 9.96. The zero-order chi connectivity index (χ0) is 25.0. The Morgan fingerprint density at radius 1 is 1.23 bits per heavy atom. The van der Waals surface area contributed by atoms with Gasteiger partial charge in [-0.1, -0.05) is 11.6 Å². The summed E-state index contributed by atoms with van der Waals surface area (Å²) in [6, 6.07) is 7.51. The van der Waals surface area contributed by atoms with Gasteiger partial charge in [0.1, 0.15) is 0 Å². The number of primary amides is 1. The van der Waals surface area contributed by atoms with Crippen molar-refractivity contribution in [1.29, 1.82) is 0 Å². The minimum absolute atomic E-state index is 0.350. The summed E-state index contributed by atoms with van der Waals surface area (Å²) in [6.45, 7) is 8.00. The van der Waals surface area contributed by atoms with Crippen molar-refractivity contribution < 1.29 is 14.3 Å². The number of aliphatic hydroxyl groups excluding tert-OH is 1. The molecule has 0 unspecified atom stereocenters. The molecule has 8 nitrogen and oxygen atoms in total. The molecule has 35 heavy (non-hydrogen) atoms. The Balaban J connectivity index is 1.30. The average Bonchev–Trinajstić information content (AvgIpc) is 3.52. The third-order valence-corrected chi connectivity index (χ3v) is 7.73. The number of halogens is 1. The van der Waals surface area contributed by atoms with Gasteiger partial charge in [0.05, 0.1) is 23.4 Å². The Bertz CT molecular complexity index is 1090. The van der Waals surface area contributed by atoms with Gasteiger partial charge in [0.2, 0.25) is 11.8 Å². The molecule has 1 amide bonds. The van der Waals surface area contributed by atoms with Crippen LogP contribution in [0.25, 0.3) is 11.3 Å². The molecule has 1 saturated heterocycles. The Hall–Kier alpha value is -2.30. The summed E-state index contributed by atoms with van der Waals surface area (Å²) < 4.78 is 6.13. The minimum atomic E-state index is -0.617. The number of benzene rings is 1. The minimum Gasteiger partial charge on any atom is -0.439 e. The highest BCUT2D eigenvalue weighted by Gasteiger charge is 2.36. The summed E-state index contributed by atoms with van der Waals surface area (Å²) in [5.74, 6) is 0.607. The van der Waals surface area contributed by atoms with Gasteiger partial charge in [-0.15, -0.1) is 11.3 Å². The summed E-state index contributed by atoms with van der Waals surface area (Å²) in [6.07, 6.45) is 3.76. The van der Waals surface area contributed by atoms with Crippen LogP contribution >= 0.6 is 22.9 Å². The van der Waals surface area contributed by atoms with Gasteiger partial charge in [0.15, 0.2) is 5.76 Å². The predicted octanol–water partition coefficient (Wildman–Crippen LogP) is 3.40. The number of rotatable bonds is 10. The maximum absolute atomic E-state index is 11.9. The van der Waals surface area contributed by atoms with Crippen molar-refractivity contribution in [2.24, 2.45) is 11.7 Å². The summed E-state index contributed by atoms with van der Waals surface area (Å²) >= 11 is 7.49. The van der Waals surface area contributed by atoms with Crippen LogP contribution in [-0.2, 0) is 16.8 Å². The fraction of sp³-hybridized carbons (Fsp3) is 0.480. The van der Waals surface area contributed by atoms with E-state index in [1.807, 2.05) is 24.3 Å². The molecular formula is C25H32ClN5O3S. The number of hydrogen-bond donors (Lipinski definition) is 2. The molecule has 1 aliphatic rings. The molecule has 1 aliphatic heterocycles. The van der Waals surface area contributed by atoms with Crippen LogP contribution in [0.2, 0.25) is 5.02 Å². The molecular weight excluding hydrogens is 486 g/mol. The van der Waals surface area contributed by atoms with Crippen molar-refractivity contribution in [3.05, 3.63) is 58.0 Å². The first kappa shape index (κ1) is 25.8. The Labute approximate surface area is 214 Å². The van der Waals surface area contributed by atoms with E-state index in [4.69, 9.17) is 21.8 Å². The van der Waals surface area contributed by atoms with Crippen LogP contribution in [-0.4, -0.2) is 69.6 Å². The van der Waals surface area contributed by atoms with Crippen LogP contribution in [0.1, 0.15) is 31.0 Å². The maximum atomic E-state index is 11.9. The lowest BCUT2D eigenvalue weighted by Crippen LogP contribution is -2.54. The van der Waals surface area contributed by atoms with E-state index in [1.54, 1.807) is 17.9 Å². The van der Waals surface area contributed by atoms with E-state index in [0.29, 0.717) is 36.1 Å². The van der Waals surface area contributed by atoms with E-state index in [-0.39, 0.29) is 11.4 Å². The highest BCUT2D eigenvalue weighted by molar-refractivity contribution is 7.09. The summed E-state index contributed by atoms with van der Waals surface area (Å²) in [7, 11) is 0. The number of piperazine rings is 1. The van der Waals surface area contributed by atoms with Crippen LogP contribution in [0, 0.1) is 5.92 Å². The van der Waals surface area contributed by atoms with Crippen molar-refractivity contribution in [2.45, 2.75) is 38.3 Å². The maximum Gasteiger partial charge on any atom is 0.220 e. The number of aromatic nitrogens is 2. The third-order valence-electron chi connectivity index (χ3n) is 6.68. The lowest BCUT2D eigenvalue weighted by Gasteiger charge is -2.42. The van der Waals surface area contributed by atoms with E-state index in [9.17, 15) is 9.90 Å². The molecule has 3 N–H and O–H groups in total. The molecule has 0 bridgehead atoms. The van der Waals surface area contributed by atoms with E-state index in [1.165, 1.54) is 11.3 Å². The quantitative estimate of drug-likeness (QED) is 0.424. The van der Waals surface area contributed by atoms with Crippen molar-refractivity contribution >= 4 is 28.8 Å². The largest absolute Gasteiger partial charge is 0.439 e. The normalized spacial score (nSPS) is 17.4. The highest BCUT2D eigenvalue weighted by Crippen LogP contribution is 2.32. The number of thiazole rings is 1. The van der Waals surface area contributed by atoms with Gasteiger partial charge in [-0.3, -0.25) is 19.6 Å². The molecule has 3 heterocycles. The van der Waals surface area contributed by atoms with Gasteiger partial charge >= 0.3 is 0 Å². The zero-order valence-corrected chi connectivity index (χ0v) is 21.6. The molecule has 0 saturated carbocycles. The molecule has 2 atom stereocenters. The molecule has 188 valence electrons. The summed E-state index contributed by atoms with van der Waals surface area (Å²) in [4.78, 5) is 26.1. The summed E-state index contributed by atoms with van der Waals surface area (Å²) in [5.41, 5.74) is 7.90. The van der Waals surface area contributed by atoms with Crippen LogP contribution in [0.5, 0.6) is 0 Å². The van der Waals surface area contributed by atoms with E-state index in [2.05, 4.69) is 33.6 Å². The standard InChI is InChI=1S/C25H32ClN5O3S/c1-25(2,24-29-14-22(34-24)17-3-5-19(26)6-4-17)31-9-7-30(8-10-31)15-20(32)11-18(23(27)33)12-21-13-28-16-35-21/h3-6,13-14,16,18,20,32H,7-12,15H2,1-2H3,(H2,27,33)/t18-,20-/m0/s1. The fourth-order valence-corrected chi connectivity index (χ4v) is 5.32. The van der Waals surface area contributed by atoms with E-state index < -0.39 is 12.0 Å². The molecule has 1 fully saturated rings. The molecule has 1 aromatic carbocycles. The number of nitrogens with zero attached hydrogens (tertiary/aromatic N) is 4. The van der Waals surface area contributed by atoms with Crippen molar-refractivity contribution in [1.82, 2.24) is 19.8 Å². The average molecular weight is 518 g/mol. The highest BCUT2D eigenvalue weighted by atomic mass is 35.5. The molecule has 0 aliphatic carbocycles. The second kappa shape index (κ2) is 11.2. The Morgan fingerprint density at radius 2 is 1.94 bits per heavy atom. The molecule has 4 rings (SSSR count). The molecule has 0 radical (unpaired) electrons. The zero-order valence-electron chi connectivity index (χ0n) is 20.1. The van der Waals surface area contributed by atoms with Crippen LogP contribution in [0.3, 0.4) is 0 Å². The van der Waals surface area contributed by atoms with E-state index in [0.717, 1.165) is 36.6 Å². The predicted molar refractivity (Wildman–Crippen MR) is 137 cm³/mol. The van der Waals surface area contributed by atoms with Crippen molar-refractivity contribution in [3.8, 4) is 11.3 Å². The first-order chi connectivity index (χ1) is 16.7. The van der Waals surface area contributed by atoms with Crippen LogP contribution in [0.15, 0.2) is 46.6 Å². The van der Waals surface area contributed by atoms with E-state index >= 15 is 0 Å². The Morgan fingerprint density at radius 3 is 2.57 bits per heavy atom. The number of nitrogens with two attached hydrogens (primary N) is 1. The van der Waals surface area contributed by atoms with Gasteiger partial charge in [0.25, 0.3) is 0 Å². The van der Waals surface area contributed by atoms with Gasteiger partial charge in [-0.05, 0) is 51.0 Å². The molecule has 3 aromatic rings. The van der Waals surface area contributed by atoms with Crippen molar-refractivity contribution in [3.63, 3.8) is 0 Å². The van der Waals surface area contributed by atoms with Gasteiger partial charge in [0, 0.05) is 60.3 Å². The number of carbonyl (C=O) groups is 1.